The molecular formula is C19H18FN3O2. The maximum Gasteiger partial charge on any atom is 0.242 e. The molecule has 5 nitrogen and oxygen atoms in total. The van der Waals surface area contributed by atoms with Gasteiger partial charge in [0.2, 0.25) is 11.8 Å². The first-order chi connectivity index (χ1) is 12.0. The Morgan fingerprint density at radius 1 is 1.28 bits per heavy atom. The van der Waals surface area contributed by atoms with Crippen molar-refractivity contribution in [2.75, 3.05) is 24.5 Å². The van der Waals surface area contributed by atoms with Crippen LogP contribution in [0.15, 0.2) is 30.5 Å². The number of anilines is 1. The zero-order valence-corrected chi connectivity index (χ0v) is 14.0. The quantitative estimate of drug-likeness (QED) is 0.862. The molecule has 0 aliphatic carbocycles. The van der Waals surface area contributed by atoms with Crippen molar-refractivity contribution in [1.29, 1.82) is 0 Å². The molecule has 25 heavy (non-hydrogen) atoms. The largest absolute Gasteiger partial charge is 0.341 e. The number of amides is 2. The van der Waals surface area contributed by atoms with Crippen molar-refractivity contribution >= 4 is 17.5 Å². The Balaban J connectivity index is 1.66. The summed E-state index contributed by atoms with van der Waals surface area (Å²) in [4.78, 5) is 32.3. The summed E-state index contributed by atoms with van der Waals surface area (Å²) < 4.78 is 13.3. The van der Waals surface area contributed by atoms with Gasteiger partial charge in [-0.25, -0.2) is 4.39 Å². The first-order valence-electron chi connectivity index (χ1n) is 8.36. The molecule has 2 aliphatic heterocycles. The average Bonchev–Trinajstić information content (AvgIpc) is 2.81. The van der Waals surface area contributed by atoms with Crippen molar-refractivity contribution in [2.45, 2.75) is 19.8 Å². The highest BCUT2D eigenvalue weighted by Gasteiger charge is 2.32. The second-order valence-corrected chi connectivity index (χ2v) is 6.54. The molecule has 1 fully saturated rings. The molecule has 0 radical (unpaired) electrons. The van der Waals surface area contributed by atoms with Crippen LogP contribution in [0.1, 0.15) is 17.7 Å². The topological polar surface area (TPSA) is 53.5 Å². The molecular weight excluding hydrogens is 321 g/mol. The number of likely N-dealkylation sites (tertiary alicyclic amines) is 1. The van der Waals surface area contributed by atoms with Crippen LogP contribution in [0, 0.1) is 12.7 Å². The van der Waals surface area contributed by atoms with Gasteiger partial charge in [0.25, 0.3) is 0 Å². The van der Waals surface area contributed by atoms with Crippen LogP contribution in [0.25, 0.3) is 11.1 Å². The molecule has 0 unspecified atom stereocenters. The fourth-order valence-electron chi connectivity index (χ4n) is 3.30. The number of nitrogens with zero attached hydrogens (tertiary/aromatic N) is 3. The lowest BCUT2D eigenvalue weighted by Crippen LogP contribution is -2.47. The summed E-state index contributed by atoms with van der Waals surface area (Å²) in [6, 6.07) is 6.46. The van der Waals surface area contributed by atoms with Crippen molar-refractivity contribution in [3.8, 4) is 11.1 Å². The molecule has 0 N–H and O–H groups in total. The normalized spacial score (nSPS) is 16.0. The van der Waals surface area contributed by atoms with Crippen LogP contribution < -0.4 is 4.90 Å². The lowest BCUT2D eigenvalue weighted by molar-refractivity contribution is -0.134. The number of pyridine rings is 1. The molecule has 4 rings (SSSR count). The predicted molar refractivity (Wildman–Crippen MR) is 91.6 cm³/mol. The lowest BCUT2D eigenvalue weighted by Gasteiger charge is -2.32. The summed E-state index contributed by atoms with van der Waals surface area (Å²) in [6.45, 7) is 3.42. The van der Waals surface area contributed by atoms with Gasteiger partial charge in [-0.15, -0.1) is 0 Å². The Morgan fingerprint density at radius 3 is 2.76 bits per heavy atom. The highest BCUT2D eigenvalue weighted by atomic mass is 19.1. The fraction of sp³-hybridized carbons (Fsp3) is 0.316. The SMILES string of the molecule is Cc1cc(F)ccc1-c1cnc2c(c1)N(CC(=O)N1CCC1)C(=O)C2. The van der Waals surface area contributed by atoms with Gasteiger partial charge in [-0.05, 0) is 42.7 Å². The number of aromatic nitrogens is 1. The van der Waals surface area contributed by atoms with Crippen LogP contribution in [-0.2, 0) is 16.0 Å². The lowest BCUT2D eigenvalue weighted by atomic mass is 10.0. The van der Waals surface area contributed by atoms with Crippen LogP contribution in [0.2, 0.25) is 0 Å². The van der Waals surface area contributed by atoms with E-state index in [0.29, 0.717) is 11.4 Å². The molecule has 128 valence electrons. The number of carbonyl (C=O) groups is 2. The number of fused-ring (bicyclic) bond motifs is 1. The van der Waals surface area contributed by atoms with Crippen LogP contribution in [-0.4, -0.2) is 41.3 Å². The molecule has 0 spiro atoms. The van der Waals surface area contributed by atoms with Crippen LogP contribution >= 0.6 is 0 Å². The summed E-state index contributed by atoms with van der Waals surface area (Å²) in [7, 11) is 0. The van der Waals surface area contributed by atoms with E-state index in [9.17, 15) is 14.0 Å². The molecule has 1 aromatic carbocycles. The van der Waals surface area contributed by atoms with Crippen molar-refractivity contribution < 1.29 is 14.0 Å². The molecule has 0 saturated carbocycles. The summed E-state index contributed by atoms with van der Waals surface area (Å²) >= 11 is 0. The maximum absolute atomic E-state index is 13.3. The molecule has 1 saturated heterocycles. The van der Waals surface area contributed by atoms with Crippen LogP contribution in [0.5, 0.6) is 0 Å². The minimum absolute atomic E-state index is 0.0317. The summed E-state index contributed by atoms with van der Waals surface area (Å²) in [5.41, 5.74) is 3.84. The number of aryl methyl sites for hydroxylation is 1. The van der Waals surface area contributed by atoms with Crippen molar-refractivity contribution in [2.24, 2.45) is 0 Å². The molecule has 2 amide bonds. The zero-order chi connectivity index (χ0) is 17.6. The second kappa shape index (κ2) is 5.95. The molecule has 2 aliphatic rings. The minimum atomic E-state index is -0.285. The van der Waals surface area contributed by atoms with E-state index in [2.05, 4.69) is 4.98 Å². The number of benzene rings is 1. The van der Waals surface area contributed by atoms with Gasteiger partial charge in [0, 0.05) is 24.8 Å². The predicted octanol–water partition coefficient (Wildman–Crippen LogP) is 2.32. The second-order valence-electron chi connectivity index (χ2n) is 6.54. The fourth-order valence-corrected chi connectivity index (χ4v) is 3.30. The van der Waals surface area contributed by atoms with Gasteiger partial charge >= 0.3 is 0 Å². The first-order valence-corrected chi connectivity index (χ1v) is 8.36. The summed E-state index contributed by atoms with van der Waals surface area (Å²) in [5.74, 6) is -0.424. The monoisotopic (exact) mass is 339 g/mol. The molecule has 6 heteroatoms. The third-order valence-electron chi connectivity index (χ3n) is 4.86. The van der Waals surface area contributed by atoms with Crippen molar-refractivity contribution in [3.63, 3.8) is 0 Å². The van der Waals surface area contributed by atoms with Crippen LogP contribution in [0.3, 0.4) is 0 Å². The maximum atomic E-state index is 13.3. The van der Waals surface area contributed by atoms with E-state index in [1.165, 1.54) is 17.0 Å². The highest BCUT2D eigenvalue weighted by Crippen LogP contribution is 2.33. The minimum Gasteiger partial charge on any atom is -0.341 e. The van der Waals surface area contributed by atoms with E-state index >= 15 is 0 Å². The molecule has 2 aromatic rings. The van der Waals surface area contributed by atoms with Gasteiger partial charge in [0.1, 0.15) is 12.4 Å². The Labute approximate surface area is 145 Å². The standard InChI is InChI=1S/C19H18FN3O2/c1-12-7-14(20)3-4-15(12)13-8-17-16(21-10-13)9-18(24)23(17)11-19(25)22-5-2-6-22/h3-4,7-8,10H,2,5-6,9,11H2,1H3. The van der Waals surface area contributed by atoms with E-state index in [0.717, 1.165) is 36.2 Å². The van der Waals surface area contributed by atoms with Crippen LogP contribution in [0.4, 0.5) is 10.1 Å². The van der Waals surface area contributed by atoms with Gasteiger partial charge < -0.3 is 9.80 Å². The number of rotatable bonds is 3. The first kappa shape index (κ1) is 15.7. The van der Waals surface area contributed by atoms with E-state index in [1.807, 2.05) is 13.0 Å². The Kier molecular flexibility index (Phi) is 3.75. The average molecular weight is 339 g/mol. The smallest absolute Gasteiger partial charge is 0.242 e. The number of hydrogen-bond acceptors (Lipinski definition) is 3. The number of carbonyl (C=O) groups excluding carboxylic acids is 2. The van der Waals surface area contributed by atoms with E-state index < -0.39 is 0 Å². The number of halogens is 1. The Hall–Kier alpha value is -2.76. The van der Waals surface area contributed by atoms with Gasteiger partial charge in [-0.3, -0.25) is 14.6 Å². The van der Waals surface area contributed by atoms with Gasteiger partial charge in [-0.2, -0.15) is 0 Å². The Morgan fingerprint density at radius 2 is 2.08 bits per heavy atom. The molecule has 0 bridgehead atoms. The third kappa shape index (κ3) is 2.77. The highest BCUT2D eigenvalue weighted by molar-refractivity contribution is 6.05. The third-order valence-corrected chi connectivity index (χ3v) is 4.86. The summed E-state index contributed by atoms with van der Waals surface area (Å²) in [5, 5.41) is 0. The van der Waals surface area contributed by atoms with Crippen molar-refractivity contribution in [3.05, 3.63) is 47.5 Å². The molecule has 1 aromatic heterocycles. The Bertz CT molecular complexity index is 877. The van der Waals surface area contributed by atoms with Gasteiger partial charge in [0.15, 0.2) is 0 Å². The summed E-state index contributed by atoms with van der Waals surface area (Å²) in [6.07, 6.45) is 2.93. The van der Waals surface area contributed by atoms with Crippen molar-refractivity contribution in [1.82, 2.24) is 9.88 Å². The molecule has 0 atom stereocenters. The van der Waals surface area contributed by atoms with E-state index in [4.69, 9.17) is 0 Å². The molecule has 3 heterocycles. The van der Waals surface area contributed by atoms with E-state index in [-0.39, 0.29) is 30.6 Å². The zero-order valence-electron chi connectivity index (χ0n) is 14.0. The van der Waals surface area contributed by atoms with E-state index in [1.54, 1.807) is 17.2 Å². The van der Waals surface area contributed by atoms with Gasteiger partial charge in [0.05, 0.1) is 17.8 Å². The number of hydrogen-bond donors (Lipinski definition) is 0. The van der Waals surface area contributed by atoms with Gasteiger partial charge in [-0.1, -0.05) is 6.07 Å².